The molecule has 5 aromatic rings. The molecular weight excluding hydrogens is 420 g/mol. The van der Waals surface area contributed by atoms with E-state index in [0.717, 1.165) is 16.7 Å². The summed E-state index contributed by atoms with van der Waals surface area (Å²) in [5.74, 6) is -0.207. The highest BCUT2D eigenvalue weighted by Crippen LogP contribution is 2.29. The van der Waals surface area contributed by atoms with Gasteiger partial charge in [-0.15, -0.1) is 0 Å². The Morgan fingerprint density at radius 2 is 1.74 bits per heavy atom. The molecule has 2 aromatic carbocycles. The molecule has 0 unspecified atom stereocenters. The highest BCUT2D eigenvalue weighted by atomic mass is 35.5. The van der Waals surface area contributed by atoms with Crippen LogP contribution in [0.25, 0.3) is 22.4 Å². The van der Waals surface area contributed by atoms with Crippen molar-refractivity contribution < 1.29 is 8.78 Å². The van der Waals surface area contributed by atoms with E-state index in [4.69, 9.17) is 11.6 Å². The van der Waals surface area contributed by atoms with Crippen molar-refractivity contribution in [1.29, 1.82) is 0 Å². The van der Waals surface area contributed by atoms with E-state index in [9.17, 15) is 8.78 Å². The molecule has 5 nitrogen and oxygen atoms in total. The maximum absolute atomic E-state index is 14.1. The molecule has 0 saturated carbocycles. The number of fused-ring (bicyclic) bond motifs is 1. The lowest BCUT2D eigenvalue weighted by Crippen LogP contribution is -2.04. The van der Waals surface area contributed by atoms with Crippen molar-refractivity contribution in [1.82, 2.24) is 24.1 Å². The van der Waals surface area contributed by atoms with Gasteiger partial charge in [0.25, 0.3) is 0 Å². The molecule has 5 rings (SSSR count). The lowest BCUT2D eigenvalue weighted by atomic mass is 10.1. The van der Waals surface area contributed by atoms with E-state index in [1.807, 2.05) is 21.4 Å². The summed E-state index contributed by atoms with van der Waals surface area (Å²) in [4.78, 5) is 13.1. The number of benzene rings is 2. The van der Waals surface area contributed by atoms with Gasteiger partial charge >= 0.3 is 0 Å². The fourth-order valence-electron chi connectivity index (χ4n) is 3.56. The maximum Gasteiger partial charge on any atom is 0.144 e. The Labute approximate surface area is 181 Å². The Kier molecular flexibility index (Phi) is 4.95. The van der Waals surface area contributed by atoms with Gasteiger partial charge in [0.2, 0.25) is 0 Å². The second-order valence-electron chi connectivity index (χ2n) is 7.22. The van der Waals surface area contributed by atoms with E-state index in [2.05, 4.69) is 15.0 Å². The predicted octanol–water partition coefficient (Wildman–Crippen LogP) is 5.32. The van der Waals surface area contributed by atoms with Crippen molar-refractivity contribution in [2.24, 2.45) is 0 Å². The number of rotatable bonds is 5. The minimum absolute atomic E-state index is 0.0197. The first-order chi connectivity index (χ1) is 15.1. The van der Waals surface area contributed by atoms with Crippen LogP contribution in [0, 0.1) is 11.6 Å². The van der Waals surface area contributed by atoms with Crippen LogP contribution in [-0.4, -0.2) is 24.1 Å². The van der Waals surface area contributed by atoms with E-state index in [-0.39, 0.29) is 10.8 Å². The first-order valence-corrected chi connectivity index (χ1v) is 9.94. The van der Waals surface area contributed by atoms with Crippen molar-refractivity contribution in [3.63, 3.8) is 0 Å². The van der Waals surface area contributed by atoms with Crippen LogP contribution in [0.4, 0.5) is 8.78 Å². The molecule has 0 N–H and O–H groups in total. The molecule has 0 saturated heterocycles. The molecule has 154 valence electrons. The summed E-state index contributed by atoms with van der Waals surface area (Å²) in [6.45, 7) is 1.03. The van der Waals surface area contributed by atoms with E-state index in [1.165, 1.54) is 18.2 Å². The first kappa shape index (κ1) is 19.4. The van der Waals surface area contributed by atoms with Crippen LogP contribution < -0.4 is 0 Å². The average molecular weight is 436 g/mol. The van der Waals surface area contributed by atoms with E-state index < -0.39 is 5.82 Å². The first-order valence-electron chi connectivity index (χ1n) is 9.56. The van der Waals surface area contributed by atoms with Gasteiger partial charge in [0.05, 0.1) is 28.9 Å². The quantitative estimate of drug-likeness (QED) is 0.375. The second-order valence-corrected chi connectivity index (χ2v) is 7.63. The lowest BCUT2D eigenvalue weighted by Gasteiger charge is -2.11. The zero-order chi connectivity index (χ0) is 21.4. The van der Waals surface area contributed by atoms with Gasteiger partial charge < -0.3 is 9.13 Å². The standard InChI is InChI=1S/C23H16ClF2N5/c24-19-8-22-21(9-20(19)26)29-23(31(22)13-15-1-3-18(25)4-2-15)17-7-16(10-28-11-17)12-30-6-5-27-14-30/h1-11,14H,12-13H2. The highest BCUT2D eigenvalue weighted by Gasteiger charge is 2.16. The fraction of sp³-hybridized carbons (Fsp3) is 0.0870. The molecular formula is C23H16ClF2N5. The fourth-order valence-corrected chi connectivity index (χ4v) is 3.72. The summed E-state index contributed by atoms with van der Waals surface area (Å²) in [7, 11) is 0. The summed E-state index contributed by atoms with van der Waals surface area (Å²) in [5.41, 5.74) is 3.81. The zero-order valence-electron chi connectivity index (χ0n) is 16.2. The summed E-state index contributed by atoms with van der Waals surface area (Å²) < 4.78 is 31.3. The molecule has 0 aliphatic heterocycles. The molecule has 0 spiro atoms. The van der Waals surface area contributed by atoms with Crippen molar-refractivity contribution >= 4 is 22.6 Å². The smallest absolute Gasteiger partial charge is 0.144 e. The van der Waals surface area contributed by atoms with Crippen LogP contribution in [0.5, 0.6) is 0 Å². The van der Waals surface area contributed by atoms with Crippen LogP contribution in [-0.2, 0) is 13.1 Å². The Hall–Kier alpha value is -3.58. The largest absolute Gasteiger partial charge is 0.333 e. The van der Waals surface area contributed by atoms with Crippen LogP contribution in [0.15, 0.2) is 73.6 Å². The van der Waals surface area contributed by atoms with Crippen LogP contribution in [0.3, 0.4) is 0 Å². The summed E-state index contributed by atoms with van der Waals surface area (Å²) in [6.07, 6.45) is 8.84. The third-order valence-electron chi connectivity index (χ3n) is 5.02. The minimum atomic E-state index is -0.529. The third kappa shape index (κ3) is 3.92. The molecule has 0 aliphatic carbocycles. The van der Waals surface area contributed by atoms with Gasteiger partial charge in [0.15, 0.2) is 0 Å². The molecule has 0 amide bonds. The SMILES string of the molecule is Fc1ccc(Cn2c(-c3cncc(Cn4ccnc4)c3)nc3cc(F)c(Cl)cc32)cc1. The monoisotopic (exact) mass is 435 g/mol. The van der Waals surface area contributed by atoms with Crippen LogP contribution in [0.1, 0.15) is 11.1 Å². The minimum Gasteiger partial charge on any atom is -0.333 e. The van der Waals surface area contributed by atoms with Crippen molar-refractivity contribution in [2.45, 2.75) is 13.1 Å². The number of pyridine rings is 1. The predicted molar refractivity (Wildman–Crippen MR) is 115 cm³/mol. The summed E-state index contributed by atoms with van der Waals surface area (Å²) in [5, 5.41) is 0.0197. The molecule has 0 radical (unpaired) electrons. The number of hydrogen-bond donors (Lipinski definition) is 0. The molecule has 0 bridgehead atoms. The topological polar surface area (TPSA) is 48.5 Å². The Balaban J connectivity index is 1.63. The average Bonchev–Trinajstić information content (AvgIpc) is 3.39. The van der Waals surface area contributed by atoms with E-state index in [0.29, 0.717) is 29.9 Å². The van der Waals surface area contributed by atoms with Gasteiger partial charge in [-0.1, -0.05) is 23.7 Å². The van der Waals surface area contributed by atoms with Gasteiger partial charge in [-0.25, -0.2) is 18.7 Å². The highest BCUT2D eigenvalue weighted by molar-refractivity contribution is 6.31. The van der Waals surface area contributed by atoms with Gasteiger partial charge in [0, 0.05) is 43.0 Å². The molecule has 8 heteroatoms. The number of halogens is 3. The zero-order valence-corrected chi connectivity index (χ0v) is 17.0. The van der Waals surface area contributed by atoms with Gasteiger partial charge in [0.1, 0.15) is 17.5 Å². The number of aromatic nitrogens is 5. The van der Waals surface area contributed by atoms with Gasteiger partial charge in [-0.2, -0.15) is 0 Å². The molecule has 31 heavy (non-hydrogen) atoms. The molecule has 3 heterocycles. The number of nitrogens with zero attached hydrogens (tertiary/aromatic N) is 5. The Morgan fingerprint density at radius 1 is 0.903 bits per heavy atom. The van der Waals surface area contributed by atoms with Gasteiger partial charge in [-0.3, -0.25) is 4.98 Å². The molecule has 0 fully saturated rings. The van der Waals surface area contributed by atoms with Gasteiger partial charge in [-0.05, 0) is 35.4 Å². The molecule has 3 aromatic heterocycles. The van der Waals surface area contributed by atoms with Crippen LogP contribution >= 0.6 is 11.6 Å². The Bertz CT molecular complexity index is 1360. The second kappa shape index (κ2) is 7.92. The summed E-state index contributed by atoms with van der Waals surface area (Å²) >= 11 is 6.06. The Morgan fingerprint density at radius 3 is 2.52 bits per heavy atom. The van der Waals surface area contributed by atoms with Crippen molar-refractivity contribution in [2.75, 3.05) is 0 Å². The normalized spacial score (nSPS) is 11.3. The molecule has 0 atom stereocenters. The number of imidazole rings is 2. The number of hydrogen-bond acceptors (Lipinski definition) is 3. The third-order valence-corrected chi connectivity index (χ3v) is 5.31. The molecule has 0 aliphatic rings. The van der Waals surface area contributed by atoms with Crippen molar-refractivity contribution in [3.8, 4) is 11.4 Å². The maximum atomic E-state index is 14.1. The van der Waals surface area contributed by atoms with Crippen LogP contribution in [0.2, 0.25) is 5.02 Å². The lowest BCUT2D eigenvalue weighted by molar-refractivity contribution is 0.626. The van der Waals surface area contributed by atoms with E-state index >= 15 is 0 Å². The summed E-state index contributed by atoms with van der Waals surface area (Å²) in [6, 6.07) is 11.1. The van der Waals surface area contributed by atoms with E-state index in [1.54, 1.807) is 43.1 Å². The van der Waals surface area contributed by atoms with Crippen molar-refractivity contribution in [3.05, 3.63) is 101 Å².